The molecule has 0 aliphatic heterocycles. The first-order chi connectivity index (χ1) is 19.2. The van der Waals surface area contributed by atoms with Crippen LogP contribution in [0.4, 0.5) is 5.69 Å². The Balaban J connectivity index is 0.000000453. The Morgan fingerprint density at radius 2 is 1.20 bits per heavy atom. The van der Waals surface area contributed by atoms with Gasteiger partial charge in [0.25, 0.3) is 0 Å². The van der Waals surface area contributed by atoms with Crippen molar-refractivity contribution in [2.45, 2.75) is 46.0 Å². The van der Waals surface area contributed by atoms with E-state index < -0.39 is 0 Å². The van der Waals surface area contributed by atoms with Crippen molar-refractivity contribution in [3.05, 3.63) is 149 Å². The van der Waals surface area contributed by atoms with Crippen LogP contribution in [0.1, 0.15) is 67.3 Å². The summed E-state index contributed by atoms with van der Waals surface area (Å²) in [6.45, 7) is 18.7. The maximum absolute atomic E-state index is 10.0. The van der Waals surface area contributed by atoms with E-state index in [0.717, 1.165) is 47.2 Å². The van der Waals surface area contributed by atoms with Gasteiger partial charge in [0.1, 0.15) is 5.75 Å². The molecule has 4 aromatic carbocycles. The van der Waals surface area contributed by atoms with Crippen molar-refractivity contribution in [3.8, 4) is 5.75 Å². The second kappa shape index (κ2) is 20.4. The summed E-state index contributed by atoms with van der Waals surface area (Å²) in [6, 6.07) is 32.0. The molecule has 0 radical (unpaired) electrons. The molecule has 0 bridgehead atoms. The summed E-state index contributed by atoms with van der Waals surface area (Å²) in [4.78, 5) is 0. The van der Waals surface area contributed by atoms with E-state index in [0.29, 0.717) is 17.6 Å². The maximum atomic E-state index is 10.0. The van der Waals surface area contributed by atoms with Gasteiger partial charge in [-0.3, -0.25) is 0 Å². The van der Waals surface area contributed by atoms with Crippen LogP contribution in [0.2, 0.25) is 0 Å². The normalized spacial score (nSPS) is 10.1. The van der Waals surface area contributed by atoms with E-state index in [4.69, 9.17) is 5.32 Å². The molecule has 0 heterocycles. The molecule has 0 unspecified atom stereocenters. The number of benzene rings is 4. The number of halogens is 1. The summed E-state index contributed by atoms with van der Waals surface area (Å²) in [5.41, 5.74) is 6.93. The third-order valence-corrected chi connectivity index (χ3v) is 6.87. The Bertz CT molecular complexity index is 1180. The first-order valence-electron chi connectivity index (χ1n) is 13.9. The molecule has 0 aromatic heterocycles. The third-order valence-electron chi connectivity index (χ3n) is 6.23. The van der Waals surface area contributed by atoms with E-state index in [2.05, 4.69) is 81.0 Å². The van der Waals surface area contributed by atoms with E-state index in [1.165, 1.54) is 16.8 Å². The average molecular weight is 779 g/mol. The predicted octanol–water partition coefficient (Wildman–Crippen LogP) is 9.97. The second-order valence-electron chi connectivity index (χ2n) is 10.2. The molecule has 214 valence electrons. The monoisotopic (exact) mass is 779 g/mol. The van der Waals surface area contributed by atoms with Gasteiger partial charge in [-0.1, -0.05) is 81.3 Å². The number of phenolic OH excluding ortho intramolecular Hbond substituents is 1. The molecule has 5 heteroatoms. The number of nitrogens with one attached hydrogen (secondary N) is 1. The van der Waals surface area contributed by atoms with E-state index in [-0.39, 0.29) is 25.8 Å². The number of rotatable bonds is 9. The molecule has 0 fully saturated rings. The van der Waals surface area contributed by atoms with Gasteiger partial charge >= 0.3 is 25.8 Å². The topological polar surface area (TPSA) is 46.4 Å². The van der Waals surface area contributed by atoms with Crippen molar-refractivity contribution in [3.63, 3.8) is 0 Å². The van der Waals surface area contributed by atoms with Crippen molar-refractivity contribution in [2.75, 3.05) is 19.6 Å². The summed E-state index contributed by atoms with van der Waals surface area (Å²) >= 11 is 3.36. The van der Waals surface area contributed by atoms with E-state index >= 15 is 0 Å². The first-order valence-corrected chi connectivity index (χ1v) is 14.7. The molecule has 0 saturated carbocycles. The minimum atomic E-state index is 0. The van der Waals surface area contributed by atoms with E-state index in [9.17, 15) is 5.11 Å². The zero-order chi connectivity index (χ0) is 29.3. The SMILES string of the molecule is CC(C)c1cccc(C(C)C)c1[N-]CCNCCc1cccc(Br)c1O.[CH2-]c1ccccc1.[CH2-]c1ccccc1.[Hf+4]. The molecule has 4 rings (SSSR count). The van der Waals surface area contributed by atoms with Crippen molar-refractivity contribution in [1.82, 2.24) is 5.32 Å². The molecule has 0 amide bonds. The third kappa shape index (κ3) is 13.8. The standard InChI is InChI=1S/C22H30BrN2O.2C7H7.Hf/c1-15(2)18-8-6-9-19(16(3)4)21(18)25-14-13-24-12-11-17-7-5-10-20(23)22(17)26;2*1-7-5-3-2-4-6-7;/h5-10,15-16,24,26H,11-14H2,1-4H3;2*2-6H,1H2;/q3*-1;+4. The molecule has 0 aliphatic rings. The molecule has 4 aromatic rings. The van der Waals surface area contributed by atoms with Crippen molar-refractivity contribution < 1.29 is 30.9 Å². The van der Waals surface area contributed by atoms with Crippen LogP contribution in [0.25, 0.3) is 5.32 Å². The number of phenols is 1. The van der Waals surface area contributed by atoms with Crippen LogP contribution in [-0.4, -0.2) is 24.7 Å². The van der Waals surface area contributed by atoms with Crippen molar-refractivity contribution in [1.29, 1.82) is 0 Å². The second-order valence-corrected chi connectivity index (χ2v) is 11.0. The van der Waals surface area contributed by atoms with E-state index in [1.54, 1.807) is 0 Å². The average Bonchev–Trinajstić information content (AvgIpc) is 2.94. The van der Waals surface area contributed by atoms with Gasteiger partial charge in [0.2, 0.25) is 0 Å². The minimum Gasteiger partial charge on any atom is -0.683 e. The van der Waals surface area contributed by atoms with Crippen molar-refractivity contribution in [2.24, 2.45) is 0 Å². The molecular weight excluding hydrogens is 735 g/mol. The zero-order valence-electron chi connectivity index (χ0n) is 24.9. The van der Waals surface area contributed by atoms with Gasteiger partial charge in [-0.2, -0.15) is 49.2 Å². The number of hydrogen-bond acceptors (Lipinski definition) is 2. The van der Waals surface area contributed by atoms with Gasteiger partial charge in [0.05, 0.1) is 4.47 Å². The minimum absolute atomic E-state index is 0. The van der Waals surface area contributed by atoms with Crippen LogP contribution >= 0.6 is 15.9 Å². The van der Waals surface area contributed by atoms with Crippen LogP contribution in [-0.2, 0) is 32.3 Å². The van der Waals surface area contributed by atoms with Crippen molar-refractivity contribution >= 4 is 21.6 Å². The number of nitrogens with zero attached hydrogens (tertiary/aromatic N) is 1. The van der Waals surface area contributed by atoms with Gasteiger partial charge in [-0.25, -0.2) is 0 Å². The Labute approximate surface area is 276 Å². The Kier molecular flexibility index (Phi) is 18.2. The summed E-state index contributed by atoms with van der Waals surface area (Å²) in [5.74, 6) is 1.28. The first kappa shape index (κ1) is 36.6. The number of para-hydroxylation sites is 2. The number of hydrogen-bond donors (Lipinski definition) is 2. The Hall–Kier alpha value is -2.47. The predicted molar refractivity (Wildman–Crippen MR) is 177 cm³/mol. The quantitative estimate of drug-likeness (QED) is 0.101. The van der Waals surface area contributed by atoms with Crippen LogP contribution in [0.3, 0.4) is 0 Å². The van der Waals surface area contributed by atoms with Crippen LogP contribution in [0.15, 0.2) is 102 Å². The van der Waals surface area contributed by atoms with Gasteiger partial charge in [-0.15, -0.1) is 36.5 Å². The van der Waals surface area contributed by atoms with Crippen LogP contribution < -0.4 is 5.32 Å². The largest absolute Gasteiger partial charge is 4.00 e. The summed E-state index contributed by atoms with van der Waals surface area (Å²) in [7, 11) is 0. The molecule has 2 N–H and O–H groups in total. The fourth-order valence-corrected chi connectivity index (χ4v) is 4.41. The Morgan fingerprint density at radius 3 is 1.63 bits per heavy atom. The van der Waals surface area contributed by atoms with Gasteiger partial charge in [0, 0.05) is 0 Å². The molecule has 0 spiro atoms. The molecule has 0 saturated heterocycles. The van der Waals surface area contributed by atoms with Gasteiger partial charge < -0.3 is 15.7 Å². The maximum Gasteiger partial charge on any atom is 4.00 e. The van der Waals surface area contributed by atoms with E-state index in [1.807, 2.05) is 78.9 Å². The molecular formula is C36H44BrHfN2O+. The Morgan fingerprint density at radius 1 is 0.707 bits per heavy atom. The number of aromatic hydroxyl groups is 1. The summed E-state index contributed by atoms with van der Waals surface area (Å²) in [6.07, 6.45) is 0.797. The van der Waals surface area contributed by atoms with Gasteiger partial charge in [-0.05, 0) is 58.9 Å². The molecule has 3 nitrogen and oxygen atoms in total. The zero-order valence-corrected chi connectivity index (χ0v) is 30.1. The van der Waals surface area contributed by atoms with Crippen LogP contribution in [0, 0.1) is 13.8 Å². The fraction of sp³-hybridized carbons (Fsp3) is 0.278. The molecule has 0 aliphatic carbocycles. The van der Waals surface area contributed by atoms with Crippen LogP contribution in [0.5, 0.6) is 5.75 Å². The van der Waals surface area contributed by atoms with Gasteiger partial charge in [0.15, 0.2) is 0 Å². The summed E-state index contributed by atoms with van der Waals surface area (Å²) in [5, 5.41) is 18.4. The fourth-order valence-electron chi connectivity index (χ4n) is 4.01. The smallest absolute Gasteiger partial charge is 0.683 e. The molecule has 41 heavy (non-hydrogen) atoms. The summed E-state index contributed by atoms with van der Waals surface area (Å²) < 4.78 is 0.747. The molecule has 0 atom stereocenters.